The maximum absolute atomic E-state index is 10.6. The molecule has 19 heavy (non-hydrogen) atoms. The van der Waals surface area contributed by atoms with E-state index in [0.717, 1.165) is 0 Å². The number of benzene rings is 1. The summed E-state index contributed by atoms with van der Waals surface area (Å²) >= 11 is 0. The van der Waals surface area contributed by atoms with Crippen molar-refractivity contribution in [1.29, 1.82) is 0 Å². The van der Waals surface area contributed by atoms with Gasteiger partial charge in [-0.3, -0.25) is 4.79 Å². The highest BCUT2D eigenvalue weighted by molar-refractivity contribution is 5.92. The fourth-order valence-electron chi connectivity index (χ4n) is 1.31. The van der Waals surface area contributed by atoms with E-state index in [-0.39, 0.29) is 5.56 Å². The molecule has 0 fully saturated rings. The predicted molar refractivity (Wildman–Crippen MR) is 66.9 cm³/mol. The van der Waals surface area contributed by atoms with Crippen LogP contribution in [0.25, 0.3) is 0 Å². The first-order chi connectivity index (χ1) is 9.00. The van der Waals surface area contributed by atoms with Crippen LogP contribution in [0.5, 0.6) is 0 Å². The third kappa shape index (κ3) is 4.99. The van der Waals surface area contributed by atoms with Gasteiger partial charge in [0, 0.05) is 6.07 Å². The second kappa shape index (κ2) is 6.90. The zero-order valence-corrected chi connectivity index (χ0v) is 10.4. The average molecular weight is 258 g/mol. The Morgan fingerprint density at radius 3 is 2.00 bits per heavy atom. The number of aromatic carboxylic acids is 1. The molecule has 0 atom stereocenters. The van der Waals surface area contributed by atoms with E-state index in [0.29, 0.717) is 5.56 Å². The highest BCUT2D eigenvalue weighted by Gasteiger charge is 2.02. The number of primary amides is 1. The Morgan fingerprint density at radius 2 is 1.63 bits per heavy atom. The smallest absolute Gasteiger partial charge is 0.254 e. The number of carbonyl (C=O) groups excluding carboxylic acids is 2. The van der Waals surface area contributed by atoms with Crippen molar-refractivity contribution in [3.63, 3.8) is 0 Å². The lowest BCUT2D eigenvalue weighted by Crippen LogP contribution is -2.28. The third-order valence-corrected chi connectivity index (χ3v) is 2.23. The van der Waals surface area contributed by atoms with Crippen LogP contribution in [0.15, 0.2) is 54.9 Å². The Balaban J connectivity index is 0.000000191. The maximum Gasteiger partial charge on any atom is 0.254 e. The largest absolute Gasteiger partial charge is 0.545 e. The number of hydrogen-bond donors (Lipinski definition) is 1. The topological polar surface area (TPSA) is 87.1 Å². The highest BCUT2D eigenvalue weighted by Crippen LogP contribution is 1.94. The molecule has 0 aliphatic rings. The monoisotopic (exact) mass is 258 g/mol. The molecule has 1 aromatic heterocycles. The van der Waals surface area contributed by atoms with E-state index in [1.165, 1.54) is 12.1 Å². The van der Waals surface area contributed by atoms with Crippen LogP contribution in [0, 0.1) is 0 Å². The van der Waals surface area contributed by atoms with Crippen molar-refractivity contribution >= 4 is 11.9 Å². The number of amides is 1. The van der Waals surface area contributed by atoms with Crippen LogP contribution in [-0.2, 0) is 7.05 Å². The molecule has 0 saturated heterocycles. The first-order valence-electron chi connectivity index (χ1n) is 5.52. The Labute approximate surface area is 110 Å². The van der Waals surface area contributed by atoms with Crippen LogP contribution >= 0.6 is 0 Å². The van der Waals surface area contributed by atoms with Crippen LogP contribution in [0.2, 0.25) is 0 Å². The minimum Gasteiger partial charge on any atom is -0.545 e. The van der Waals surface area contributed by atoms with E-state index >= 15 is 0 Å². The van der Waals surface area contributed by atoms with Crippen molar-refractivity contribution in [2.24, 2.45) is 12.8 Å². The number of aryl methyl sites for hydroxylation is 1. The Kier molecular flexibility index (Phi) is 5.22. The minimum atomic E-state index is -1.13. The van der Waals surface area contributed by atoms with Gasteiger partial charge in [0.2, 0.25) is 0 Å². The van der Waals surface area contributed by atoms with Gasteiger partial charge >= 0.3 is 0 Å². The zero-order chi connectivity index (χ0) is 14.3. The Morgan fingerprint density at radius 1 is 1.05 bits per heavy atom. The number of carboxylic acids is 1. The van der Waals surface area contributed by atoms with Gasteiger partial charge in [-0.15, -0.1) is 0 Å². The SMILES string of the molecule is C[n+]1cccc(C(N)=O)c1.O=C([O-])c1ccccc1. The van der Waals surface area contributed by atoms with Crippen molar-refractivity contribution in [1.82, 2.24) is 0 Å². The lowest BCUT2D eigenvalue weighted by molar-refractivity contribution is -0.671. The summed E-state index contributed by atoms with van der Waals surface area (Å²) in [5.74, 6) is -1.52. The fourth-order valence-corrected chi connectivity index (χ4v) is 1.31. The molecule has 1 heterocycles. The average Bonchev–Trinajstić information content (AvgIpc) is 2.40. The number of carbonyl (C=O) groups is 2. The first-order valence-corrected chi connectivity index (χ1v) is 5.52. The van der Waals surface area contributed by atoms with Gasteiger partial charge in [0.15, 0.2) is 12.4 Å². The van der Waals surface area contributed by atoms with E-state index in [1.807, 2.05) is 13.2 Å². The summed E-state index contributed by atoms with van der Waals surface area (Å²) in [5, 5.41) is 10.1. The first kappa shape index (κ1) is 14.4. The number of hydrogen-bond acceptors (Lipinski definition) is 3. The maximum atomic E-state index is 10.6. The van der Waals surface area contributed by atoms with Crippen LogP contribution in [0.4, 0.5) is 0 Å². The number of nitrogens with two attached hydrogens (primary N) is 1. The summed E-state index contributed by atoms with van der Waals surface area (Å²) < 4.78 is 1.78. The molecule has 0 bridgehead atoms. The van der Waals surface area contributed by atoms with Gasteiger partial charge in [0.05, 0.1) is 5.97 Å². The van der Waals surface area contributed by atoms with E-state index in [4.69, 9.17) is 5.73 Å². The summed E-state index contributed by atoms with van der Waals surface area (Å²) in [7, 11) is 1.84. The van der Waals surface area contributed by atoms with Gasteiger partial charge in [-0.25, -0.2) is 4.57 Å². The quantitative estimate of drug-likeness (QED) is 0.747. The van der Waals surface area contributed by atoms with E-state index in [1.54, 1.807) is 41.1 Å². The summed E-state index contributed by atoms with van der Waals surface area (Å²) in [6, 6.07) is 11.5. The molecule has 0 aliphatic heterocycles. The van der Waals surface area contributed by atoms with Crippen LogP contribution in [0.1, 0.15) is 20.7 Å². The van der Waals surface area contributed by atoms with Crippen molar-refractivity contribution in [3.8, 4) is 0 Å². The van der Waals surface area contributed by atoms with Gasteiger partial charge in [0.25, 0.3) is 5.91 Å². The van der Waals surface area contributed by atoms with Gasteiger partial charge in [0.1, 0.15) is 12.6 Å². The summed E-state index contributed by atoms with van der Waals surface area (Å²) in [4.78, 5) is 20.7. The molecule has 0 saturated carbocycles. The van der Waals surface area contributed by atoms with Gasteiger partial charge < -0.3 is 15.6 Å². The third-order valence-electron chi connectivity index (χ3n) is 2.23. The number of nitrogens with zero attached hydrogens (tertiary/aromatic N) is 1. The second-order valence-electron chi connectivity index (χ2n) is 3.78. The van der Waals surface area contributed by atoms with E-state index in [9.17, 15) is 14.7 Å². The normalized spacial score (nSPS) is 9.11. The van der Waals surface area contributed by atoms with Crippen molar-refractivity contribution in [3.05, 3.63) is 66.0 Å². The van der Waals surface area contributed by atoms with Gasteiger partial charge in [-0.1, -0.05) is 30.3 Å². The molecule has 2 rings (SSSR count). The number of aromatic nitrogens is 1. The molecule has 98 valence electrons. The lowest BCUT2D eigenvalue weighted by Gasteiger charge is -1.97. The van der Waals surface area contributed by atoms with Crippen molar-refractivity contribution < 1.29 is 19.3 Å². The molecule has 0 unspecified atom stereocenters. The molecule has 0 spiro atoms. The van der Waals surface area contributed by atoms with Crippen LogP contribution in [0.3, 0.4) is 0 Å². The molecule has 0 aliphatic carbocycles. The molecule has 2 aromatic rings. The lowest BCUT2D eigenvalue weighted by atomic mass is 10.2. The van der Waals surface area contributed by atoms with E-state index < -0.39 is 11.9 Å². The Bertz CT molecular complexity index is 568. The fraction of sp³-hybridized carbons (Fsp3) is 0.0714. The van der Waals surface area contributed by atoms with Crippen LogP contribution in [-0.4, -0.2) is 11.9 Å². The minimum absolute atomic E-state index is 0.220. The molecule has 1 amide bonds. The molecule has 5 heteroatoms. The summed E-state index contributed by atoms with van der Waals surface area (Å²) in [5.41, 5.74) is 5.78. The number of rotatable bonds is 2. The predicted octanol–water partition coefficient (Wildman–Crippen LogP) is -0.340. The van der Waals surface area contributed by atoms with Crippen molar-refractivity contribution in [2.75, 3.05) is 0 Å². The van der Waals surface area contributed by atoms with Gasteiger partial charge in [-0.05, 0) is 11.6 Å². The highest BCUT2D eigenvalue weighted by atomic mass is 16.4. The molecule has 2 N–H and O–H groups in total. The standard InChI is InChI=1S/C7H8N2O.C7H6O2/c1-9-4-2-3-6(5-9)7(8)10;8-7(9)6-4-2-1-3-5-6/h2-5H,1H3,(H-,8,10);1-5H,(H,8,9). The van der Waals surface area contributed by atoms with Crippen LogP contribution < -0.4 is 15.4 Å². The number of pyridine rings is 1. The van der Waals surface area contributed by atoms with Crippen molar-refractivity contribution in [2.45, 2.75) is 0 Å². The Hall–Kier alpha value is -2.69. The second-order valence-corrected chi connectivity index (χ2v) is 3.78. The molecular formula is C14H14N2O3. The molecule has 1 aromatic carbocycles. The summed E-state index contributed by atoms with van der Waals surface area (Å²) in [6.07, 6.45) is 3.52. The number of carboxylic acid groups (broad SMARTS) is 1. The summed E-state index contributed by atoms with van der Waals surface area (Å²) in [6.45, 7) is 0. The molecule has 5 nitrogen and oxygen atoms in total. The van der Waals surface area contributed by atoms with Gasteiger partial charge in [-0.2, -0.15) is 0 Å². The van der Waals surface area contributed by atoms with E-state index in [2.05, 4.69) is 0 Å². The molecule has 0 radical (unpaired) electrons. The molecular weight excluding hydrogens is 244 g/mol. The zero-order valence-electron chi connectivity index (χ0n) is 10.4.